The Morgan fingerprint density at radius 2 is 1.58 bits per heavy atom. The van der Waals surface area contributed by atoms with Gasteiger partial charge in [0.25, 0.3) is 5.91 Å². The van der Waals surface area contributed by atoms with Crippen molar-refractivity contribution in [1.29, 1.82) is 0 Å². The van der Waals surface area contributed by atoms with Gasteiger partial charge in [-0.05, 0) is 35.4 Å². The van der Waals surface area contributed by atoms with Gasteiger partial charge in [0, 0.05) is 44.0 Å². The van der Waals surface area contributed by atoms with Crippen molar-refractivity contribution in [3.8, 4) is 0 Å². The maximum absolute atomic E-state index is 13.0. The van der Waals surface area contributed by atoms with Crippen molar-refractivity contribution in [2.24, 2.45) is 0 Å². The molecule has 184 valence electrons. The van der Waals surface area contributed by atoms with E-state index in [2.05, 4.69) is 20.2 Å². The van der Waals surface area contributed by atoms with E-state index in [0.717, 1.165) is 33.1 Å². The number of nitrogens with zero attached hydrogens (tertiary/aromatic N) is 3. The van der Waals surface area contributed by atoms with Crippen LogP contribution in [0, 0.1) is 0 Å². The Morgan fingerprint density at radius 1 is 0.861 bits per heavy atom. The largest absolute Gasteiger partial charge is 0.351 e. The van der Waals surface area contributed by atoms with E-state index in [4.69, 9.17) is 0 Å². The van der Waals surface area contributed by atoms with E-state index >= 15 is 0 Å². The summed E-state index contributed by atoms with van der Waals surface area (Å²) in [6, 6.07) is 25.7. The lowest BCUT2D eigenvalue weighted by molar-refractivity contribution is -0.122. The molecule has 1 aliphatic heterocycles. The zero-order valence-electron chi connectivity index (χ0n) is 20.0. The average Bonchev–Trinajstić information content (AvgIpc) is 3.35. The summed E-state index contributed by atoms with van der Waals surface area (Å²) in [5, 5.41) is 3.86. The highest BCUT2D eigenvalue weighted by atomic mass is 32.2. The van der Waals surface area contributed by atoms with E-state index in [1.807, 2.05) is 83.8 Å². The van der Waals surface area contributed by atoms with Gasteiger partial charge < -0.3 is 15.2 Å². The minimum Gasteiger partial charge on any atom is -0.351 e. The monoisotopic (exact) mass is 499 g/mol. The number of rotatable bonds is 8. The molecule has 0 aliphatic carbocycles. The molecule has 2 heterocycles. The van der Waals surface area contributed by atoms with Crippen molar-refractivity contribution in [2.75, 3.05) is 32.7 Å². The second-order valence-corrected chi connectivity index (χ2v) is 9.84. The first-order valence-electron chi connectivity index (χ1n) is 12.1. The third-order valence-corrected chi connectivity index (χ3v) is 7.25. The normalized spacial score (nSPS) is 14.2. The number of nitrogens with one attached hydrogen (secondary N) is 2. The number of H-pyrrole nitrogens is 1. The van der Waals surface area contributed by atoms with Crippen LogP contribution in [0.2, 0.25) is 0 Å². The fourth-order valence-corrected chi connectivity index (χ4v) is 5.08. The van der Waals surface area contributed by atoms with Crippen molar-refractivity contribution in [3.63, 3.8) is 0 Å². The van der Waals surface area contributed by atoms with Crippen LogP contribution in [0.3, 0.4) is 0 Å². The number of aromatic amines is 1. The molecule has 8 heteroatoms. The summed E-state index contributed by atoms with van der Waals surface area (Å²) in [5.41, 5.74) is 4.92. The summed E-state index contributed by atoms with van der Waals surface area (Å²) in [6.45, 7) is 3.51. The van der Waals surface area contributed by atoms with Crippen LogP contribution in [0.5, 0.6) is 0 Å². The summed E-state index contributed by atoms with van der Waals surface area (Å²) in [4.78, 5) is 37.2. The number of benzene rings is 3. The lowest BCUT2D eigenvalue weighted by atomic mass is 10.1. The Bertz CT molecular complexity index is 1280. The predicted octanol–water partition coefficient (Wildman–Crippen LogP) is 3.93. The molecular formula is C28H29N5O2S. The molecule has 4 aromatic rings. The van der Waals surface area contributed by atoms with Gasteiger partial charge in [-0.1, -0.05) is 66.4 Å². The van der Waals surface area contributed by atoms with Gasteiger partial charge in [0.1, 0.15) is 0 Å². The van der Waals surface area contributed by atoms with Crippen LogP contribution in [0.15, 0.2) is 84.0 Å². The minimum absolute atomic E-state index is 0.00901. The highest BCUT2D eigenvalue weighted by molar-refractivity contribution is 7.98. The molecule has 0 radical (unpaired) electrons. The van der Waals surface area contributed by atoms with Crippen LogP contribution in [0.4, 0.5) is 0 Å². The summed E-state index contributed by atoms with van der Waals surface area (Å²) >= 11 is 1.65. The Balaban J connectivity index is 1.06. The van der Waals surface area contributed by atoms with Gasteiger partial charge in [0.05, 0.1) is 17.6 Å². The Labute approximate surface area is 214 Å². The van der Waals surface area contributed by atoms with Gasteiger partial charge in [-0.25, -0.2) is 4.98 Å². The molecule has 1 saturated heterocycles. The number of imidazole rings is 1. The highest BCUT2D eigenvalue weighted by Gasteiger charge is 2.23. The molecular weight excluding hydrogens is 470 g/mol. The zero-order chi connectivity index (χ0) is 24.7. The van der Waals surface area contributed by atoms with E-state index < -0.39 is 0 Å². The Hall–Kier alpha value is -3.62. The molecule has 36 heavy (non-hydrogen) atoms. The quantitative estimate of drug-likeness (QED) is 0.359. The van der Waals surface area contributed by atoms with E-state index in [0.29, 0.717) is 44.8 Å². The standard InChI is InChI=1S/C28H29N5O2S/c34-26(29-18-21-6-2-1-3-7-21)19-32-14-16-33(17-15-32)27(35)23-12-10-22(11-13-23)20-36-28-30-24-8-4-5-9-25(24)31-28/h1-13H,14-20H2,(H,29,34)(H,30,31). The van der Waals surface area contributed by atoms with Gasteiger partial charge in [-0.2, -0.15) is 0 Å². The number of amides is 2. The van der Waals surface area contributed by atoms with Gasteiger partial charge in [-0.15, -0.1) is 0 Å². The van der Waals surface area contributed by atoms with Crippen LogP contribution in [0.25, 0.3) is 11.0 Å². The topological polar surface area (TPSA) is 81.3 Å². The summed E-state index contributed by atoms with van der Waals surface area (Å²) < 4.78 is 0. The van der Waals surface area contributed by atoms with Crippen molar-refractivity contribution < 1.29 is 9.59 Å². The number of hydrogen-bond donors (Lipinski definition) is 2. The van der Waals surface area contributed by atoms with E-state index in [1.165, 1.54) is 0 Å². The highest BCUT2D eigenvalue weighted by Crippen LogP contribution is 2.23. The molecule has 1 aliphatic rings. The Morgan fingerprint density at radius 3 is 2.33 bits per heavy atom. The maximum Gasteiger partial charge on any atom is 0.253 e. The average molecular weight is 500 g/mol. The van der Waals surface area contributed by atoms with Crippen molar-refractivity contribution in [2.45, 2.75) is 17.5 Å². The van der Waals surface area contributed by atoms with Gasteiger partial charge in [-0.3, -0.25) is 14.5 Å². The molecule has 3 aromatic carbocycles. The smallest absolute Gasteiger partial charge is 0.253 e. The van der Waals surface area contributed by atoms with Crippen LogP contribution in [0.1, 0.15) is 21.5 Å². The summed E-state index contributed by atoms with van der Waals surface area (Å²) in [7, 11) is 0. The zero-order valence-corrected chi connectivity index (χ0v) is 20.8. The molecule has 0 unspecified atom stereocenters. The van der Waals surface area contributed by atoms with Gasteiger partial charge >= 0.3 is 0 Å². The molecule has 0 spiro atoms. The lowest BCUT2D eigenvalue weighted by Crippen LogP contribution is -2.51. The third kappa shape index (κ3) is 6.13. The maximum atomic E-state index is 13.0. The molecule has 0 atom stereocenters. The second-order valence-electron chi connectivity index (χ2n) is 8.88. The lowest BCUT2D eigenvalue weighted by Gasteiger charge is -2.34. The molecule has 5 rings (SSSR count). The molecule has 1 aromatic heterocycles. The molecule has 0 saturated carbocycles. The predicted molar refractivity (Wildman–Crippen MR) is 143 cm³/mol. The summed E-state index contributed by atoms with van der Waals surface area (Å²) in [5.74, 6) is 0.827. The number of piperazine rings is 1. The molecule has 0 bridgehead atoms. The van der Waals surface area contributed by atoms with Crippen molar-refractivity contribution >= 4 is 34.6 Å². The van der Waals surface area contributed by atoms with Crippen molar-refractivity contribution in [1.82, 2.24) is 25.1 Å². The van der Waals surface area contributed by atoms with Gasteiger partial charge in [0.15, 0.2) is 5.16 Å². The minimum atomic E-state index is 0.00901. The number of para-hydroxylation sites is 2. The summed E-state index contributed by atoms with van der Waals surface area (Å²) in [6.07, 6.45) is 0. The first-order chi connectivity index (χ1) is 17.6. The molecule has 2 N–H and O–H groups in total. The van der Waals surface area contributed by atoms with Crippen LogP contribution in [-0.2, 0) is 17.1 Å². The van der Waals surface area contributed by atoms with Crippen LogP contribution in [-0.4, -0.2) is 64.3 Å². The van der Waals surface area contributed by atoms with Crippen LogP contribution < -0.4 is 5.32 Å². The Kier molecular flexibility index (Phi) is 7.64. The fourth-order valence-electron chi connectivity index (χ4n) is 4.24. The first kappa shape index (κ1) is 24.1. The third-order valence-electron chi connectivity index (χ3n) is 6.30. The SMILES string of the molecule is O=C(CN1CCN(C(=O)c2ccc(CSc3nc4ccccc4[nH]3)cc2)CC1)NCc1ccccc1. The fraction of sp³-hybridized carbons (Fsp3) is 0.250. The number of hydrogen-bond acceptors (Lipinski definition) is 5. The first-order valence-corrected chi connectivity index (χ1v) is 13.1. The number of fused-ring (bicyclic) bond motifs is 1. The van der Waals surface area contributed by atoms with E-state index in [9.17, 15) is 9.59 Å². The van der Waals surface area contributed by atoms with Crippen molar-refractivity contribution in [3.05, 3.63) is 95.6 Å². The molecule has 1 fully saturated rings. The number of carbonyl (C=O) groups excluding carboxylic acids is 2. The van der Waals surface area contributed by atoms with Gasteiger partial charge in [0.2, 0.25) is 5.91 Å². The number of aromatic nitrogens is 2. The number of carbonyl (C=O) groups is 2. The van der Waals surface area contributed by atoms with E-state index in [-0.39, 0.29) is 11.8 Å². The number of thioether (sulfide) groups is 1. The molecule has 7 nitrogen and oxygen atoms in total. The molecule has 2 amide bonds. The van der Waals surface area contributed by atoms with Crippen LogP contribution >= 0.6 is 11.8 Å². The second kappa shape index (κ2) is 11.4. The van der Waals surface area contributed by atoms with E-state index in [1.54, 1.807) is 11.8 Å².